The van der Waals surface area contributed by atoms with Crippen molar-refractivity contribution in [2.24, 2.45) is 15.9 Å². The van der Waals surface area contributed by atoms with Crippen LogP contribution in [0.1, 0.15) is 40.0 Å². The predicted molar refractivity (Wildman–Crippen MR) is 119 cm³/mol. The number of rotatable bonds is 3. The highest BCUT2D eigenvalue weighted by Crippen LogP contribution is 2.75. The van der Waals surface area contributed by atoms with Gasteiger partial charge in [0.15, 0.2) is 6.17 Å². The zero-order valence-corrected chi connectivity index (χ0v) is 18.7. The summed E-state index contributed by atoms with van der Waals surface area (Å²) in [7, 11) is 1.68. The summed E-state index contributed by atoms with van der Waals surface area (Å²) >= 11 is 7.62. The Morgan fingerprint density at radius 2 is 1.90 bits per heavy atom. The van der Waals surface area contributed by atoms with Gasteiger partial charge in [-0.1, -0.05) is 32.9 Å². The average Bonchev–Trinajstić information content (AvgIpc) is 3.39. The number of hydrazone groups is 1. The third-order valence-electron chi connectivity index (χ3n) is 7.70. The van der Waals surface area contributed by atoms with E-state index in [-0.39, 0.29) is 23.0 Å². The first-order valence-electron chi connectivity index (χ1n) is 10.8. The van der Waals surface area contributed by atoms with Crippen LogP contribution in [-0.2, 0) is 4.74 Å². The average molecular weight is 426 g/mol. The minimum Gasteiger partial charge on any atom is -0.497 e. The number of methoxy groups -OCH3 is 1. The SMILES string of the molecule is COc1ccc(N2N=C3OC[C@H](C(C)(C)C)N3C2C2(Cl)C3=CCCC34CC=C42)cc1. The van der Waals surface area contributed by atoms with Gasteiger partial charge in [-0.15, -0.1) is 16.7 Å². The van der Waals surface area contributed by atoms with E-state index in [2.05, 4.69) is 55.0 Å². The smallest absolute Gasteiger partial charge is 0.311 e. The first-order chi connectivity index (χ1) is 14.3. The van der Waals surface area contributed by atoms with Crippen LogP contribution in [0, 0.1) is 10.8 Å². The molecule has 30 heavy (non-hydrogen) atoms. The minimum absolute atomic E-state index is 0.0393. The molecule has 1 saturated carbocycles. The maximum Gasteiger partial charge on any atom is 0.311 e. The number of alkyl halides is 1. The topological polar surface area (TPSA) is 37.3 Å². The van der Waals surface area contributed by atoms with E-state index in [1.807, 2.05) is 12.1 Å². The molecule has 1 aromatic carbocycles. The van der Waals surface area contributed by atoms with Crippen molar-refractivity contribution in [2.75, 3.05) is 18.7 Å². The molecule has 1 spiro atoms. The third-order valence-corrected chi connectivity index (χ3v) is 8.30. The highest BCUT2D eigenvalue weighted by molar-refractivity contribution is 6.31. The summed E-state index contributed by atoms with van der Waals surface area (Å²) in [6, 6.07) is 8.94. The maximum absolute atomic E-state index is 7.62. The van der Waals surface area contributed by atoms with Gasteiger partial charge in [-0.25, -0.2) is 5.01 Å². The Kier molecular flexibility index (Phi) is 3.57. The van der Waals surface area contributed by atoms with Crippen LogP contribution in [0.5, 0.6) is 5.75 Å². The summed E-state index contributed by atoms with van der Waals surface area (Å²) < 4.78 is 11.5. The quantitative estimate of drug-likeness (QED) is 0.510. The highest BCUT2D eigenvalue weighted by atomic mass is 35.5. The number of nitrogens with zero attached hydrogens (tertiary/aromatic N) is 3. The Bertz CT molecular complexity index is 1010. The number of hydrogen-bond donors (Lipinski definition) is 0. The largest absolute Gasteiger partial charge is 0.497 e. The summed E-state index contributed by atoms with van der Waals surface area (Å²) in [4.78, 5) is 1.79. The zero-order chi connectivity index (χ0) is 20.9. The fraction of sp³-hybridized carbons (Fsp3) is 0.542. The van der Waals surface area contributed by atoms with Crippen LogP contribution >= 0.6 is 11.6 Å². The minimum atomic E-state index is -0.558. The molecule has 4 atom stereocenters. The number of amidine groups is 1. The molecule has 0 aromatic heterocycles. The third kappa shape index (κ3) is 2.07. The number of allylic oxidation sites excluding steroid dienone is 2. The van der Waals surface area contributed by atoms with Crippen molar-refractivity contribution in [1.29, 1.82) is 0 Å². The summed E-state index contributed by atoms with van der Waals surface area (Å²) in [5.41, 5.74) is 4.05. The summed E-state index contributed by atoms with van der Waals surface area (Å²) in [5.74, 6) is 0.829. The van der Waals surface area contributed by atoms with E-state index in [4.69, 9.17) is 26.2 Å². The first-order valence-corrected chi connectivity index (χ1v) is 11.2. The Hall–Kier alpha value is -2.14. The van der Waals surface area contributed by atoms with Crippen molar-refractivity contribution in [2.45, 2.75) is 57.1 Å². The molecular weight excluding hydrogens is 398 g/mol. The van der Waals surface area contributed by atoms with E-state index in [1.54, 1.807) is 7.11 Å². The summed E-state index contributed by atoms with van der Waals surface area (Å²) in [6.07, 6.45) is 8.04. The second-order valence-corrected chi connectivity index (χ2v) is 10.8. The van der Waals surface area contributed by atoms with Gasteiger partial charge in [0, 0.05) is 5.41 Å². The van der Waals surface area contributed by atoms with Crippen molar-refractivity contribution in [3.63, 3.8) is 0 Å². The van der Waals surface area contributed by atoms with Gasteiger partial charge < -0.3 is 9.47 Å². The Morgan fingerprint density at radius 3 is 2.53 bits per heavy atom. The Labute approximate surface area is 183 Å². The number of ether oxygens (including phenoxy) is 2. The fourth-order valence-corrected chi connectivity index (χ4v) is 6.83. The van der Waals surface area contributed by atoms with Crippen LogP contribution in [0.15, 0.2) is 52.7 Å². The van der Waals surface area contributed by atoms with Gasteiger partial charge in [-0.2, -0.15) is 0 Å². The van der Waals surface area contributed by atoms with Crippen molar-refractivity contribution < 1.29 is 9.47 Å². The fourth-order valence-electron chi connectivity index (χ4n) is 6.11. The molecule has 5 aliphatic rings. The second-order valence-electron chi connectivity index (χ2n) is 10.2. The lowest BCUT2D eigenvalue weighted by Crippen LogP contribution is -2.69. The van der Waals surface area contributed by atoms with Gasteiger partial charge in [0.05, 0.1) is 18.8 Å². The molecule has 6 heteroatoms. The molecule has 3 aliphatic carbocycles. The lowest BCUT2D eigenvalue weighted by molar-refractivity contribution is 0.110. The molecule has 2 fully saturated rings. The number of hydrogen-bond acceptors (Lipinski definition) is 5. The van der Waals surface area contributed by atoms with Crippen LogP contribution in [0.25, 0.3) is 0 Å². The number of benzene rings is 1. The van der Waals surface area contributed by atoms with Crippen molar-refractivity contribution in [3.05, 3.63) is 47.6 Å². The van der Waals surface area contributed by atoms with E-state index in [1.165, 1.54) is 17.6 Å². The molecule has 1 saturated heterocycles. The molecule has 0 bridgehead atoms. The Morgan fingerprint density at radius 1 is 1.17 bits per heavy atom. The zero-order valence-electron chi connectivity index (χ0n) is 18.0. The van der Waals surface area contributed by atoms with Gasteiger partial charge in [0.2, 0.25) is 0 Å². The van der Waals surface area contributed by atoms with E-state index in [0.29, 0.717) is 12.6 Å². The Balaban J connectivity index is 1.48. The number of fused-ring (bicyclic) bond motifs is 1. The van der Waals surface area contributed by atoms with Gasteiger partial charge in [0.25, 0.3) is 0 Å². The molecule has 0 N–H and O–H groups in total. The van der Waals surface area contributed by atoms with E-state index < -0.39 is 4.87 Å². The van der Waals surface area contributed by atoms with Crippen molar-refractivity contribution in [3.8, 4) is 5.75 Å². The molecule has 2 heterocycles. The molecule has 3 unspecified atom stereocenters. The monoisotopic (exact) mass is 425 g/mol. The van der Waals surface area contributed by atoms with Crippen LogP contribution in [-0.4, -0.2) is 41.7 Å². The molecule has 5 nitrogen and oxygen atoms in total. The van der Waals surface area contributed by atoms with Gasteiger partial charge >= 0.3 is 6.02 Å². The van der Waals surface area contributed by atoms with E-state index in [9.17, 15) is 0 Å². The molecule has 1 aromatic rings. The number of anilines is 1. The lowest BCUT2D eigenvalue weighted by Gasteiger charge is -2.65. The van der Waals surface area contributed by atoms with Crippen molar-refractivity contribution in [1.82, 2.24) is 4.90 Å². The second kappa shape index (κ2) is 5.76. The molecule has 0 amide bonds. The van der Waals surface area contributed by atoms with Gasteiger partial charge in [-0.3, -0.25) is 4.90 Å². The highest BCUT2D eigenvalue weighted by Gasteiger charge is 2.73. The van der Waals surface area contributed by atoms with Crippen LogP contribution in [0.3, 0.4) is 0 Å². The standard InChI is InChI=1S/C24H28ClN3O2/c1-22(2,3)19-14-30-21-26-28(15-7-9-16(29-4)10-8-15)20(27(19)21)24(25)17-6-5-12-23(17)13-11-18(23)24/h6-11,19-20H,5,12-14H2,1-4H3/t19-,20?,23?,24?/m1/s1. The molecule has 0 radical (unpaired) electrons. The molecule has 158 valence electrons. The normalized spacial score (nSPS) is 36.0. The van der Waals surface area contributed by atoms with Gasteiger partial charge in [-0.05, 0) is 60.1 Å². The first kappa shape index (κ1) is 18.6. The predicted octanol–water partition coefficient (Wildman–Crippen LogP) is 4.89. The van der Waals surface area contributed by atoms with Crippen LogP contribution in [0.4, 0.5) is 5.69 Å². The van der Waals surface area contributed by atoms with Crippen molar-refractivity contribution >= 4 is 23.3 Å². The molecular formula is C24H28ClN3O2. The lowest BCUT2D eigenvalue weighted by atomic mass is 9.46. The molecule has 2 aliphatic heterocycles. The van der Waals surface area contributed by atoms with E-state index >= 15 is 0 Å². The summed E-state index contributed by atoms with van der Waals surface area (Å²) in [5, 5.41) is 7.01. The number of halogens is 1. The molecule has 6 rings (SSSR count). The van der Waals surface area contributed by atoms with E-state index in [0.717, 1.165) is 24.3 Å². The summed E-state index contributed by atoms with van der Waals surface area (Å²) in [6.45, 7) is 7.44. The van der Waals surface area contributed by atoms with Crippen LogP contribution in [0.2, 0.25) is 0 Å². The van der Waals surface area contributed by atoms with Gasteiger partial charge in [0.1, 0.15) is 17.2 Å². The maximum atomic E-state index is 7.62. The van der Waals surface area contributed by atoms with Crippen LogP contribution < -0.4 is 9.75 Å².